The number of carbonyl (C=O) groups is 1. The number of carbonyl (C=O) groups excluding carboxylic acids is 1. The summed E-state index contributed by atoms with van der Waals surface area (Å²) in [5.41, 5.74) is 2.16. The SMILES string of the molecule is N#Cc1cccc2c1CC(=O)c1cc(CO)ccc1O2. The molecule has 3 rings (SSSR count). The number of ketones is 1. The van der Waals surface area contributed by atoms with Crippen LogP contribution in [0, 0.1) is 11.3 Å². The van der Waals surface area contributed by atoms with Gasteiger partial charge in [0, 0.05) is 12.0 Å². The zero-order chi connectivity index (χ0) is 14.1. The van der Waals surface area contributed by atoms with Gasteiger partial charge < -0.3 is 9.84 Å². The summed E-state index contributed by atoms with van der Waals surface area (Å²) in [7, 11) is 0. The van der Waals surface area contributed by atoms with Crippen LogP contribution in [0.15, 0.2) is 36.4 Å². The fraction of sp³-hybridized carbons (Fsp3) is 0.125. The van der Waals surface area contributed by atoms with Crippen molar-refractivity contribution in [1.29, 1.82) is 5.26 Å². The van der Waals surface area contributed by atoms with Crippen molar-refractivity contribution in [3.63, 3.8) is 0 Å². The predicted octanol–water partition coefficient (Wildman–Crippen LogP) is 2.58. The molecule has 2 aromatic rings. The number of hydrogen-bond donors (Lipinski definition) is 1. The molecule has 0 saturated heterocycles. The van der Waals surface area contributed by atoms with Crippen molar-refractivity contribution < 1.29 is 14.6 Å². The van der Waals surface area contributed by atoms with Crippen molar-refractivity contribution in [3.8, 4) is 17.6 Å². The quantitative estimate of drug-likeness (QED) is 0.860. The molecule has 2 aromatic carbocycles. The Labute approximate surface area is 115 Å². The smallest absolute Gasteiger partial charge is 0.171 e. The van der Waals surface area contributed by atoms with Gasteiger partial charge in [-0.2, -0.15) is 5.26 Å². The lowest BCUT2D eigenvalue weighted by Gasteiger charge is -2.09. The molecule has 0 aliphatic carbocycles. The zero-order valence-corrected chi connectivity index (χ0v) is 10.6. The molecule has 0 radical (unpaired) electrons. The van der Waals surface area contributed by atoms with E-state index in [1.807, 2.05) is 0 Å². The van der Waals surface area contributed by atoms with E-state index in [2.05, 4.69) is 6.07 Å². The first kappa shape index (κ1) is 12.4. The van der Waals surface area contributed by atoms with Crippen molar-refractivity contribution >= 4 is 5.78 Å². The standard InChI is InChI=1S/C16H11NO3/c17-8-11-2-1-3-15-12(11)7-14(19)13-6-10(9-18)4-5-16(13)20-15/h1-6,18H,7,9H2. The van der Waals surface area contributed by atoms with Crippen molar-refractivity contribution in [2.45, 2.75) is 13.0 Å². The van der Waals surface area contributed by atoms with Crippen LogP contribution < -0.4 is 4.74 Å². The third-order valence-electron chi connectivity index (χ3n) is 3.34. The van der Waals surface area contributed by atoms with Crippen molar-refractivity contribution in [1.82, 2.24) is 0 Å². The molecule has 1 aliphatic rings. The van der Waals surface area contributed by atoms with Gasteiger partial charge in [-0.25, -0.2) is 0 Å². The van der Waals surface area contributed by atoms with E-state index in [4.69, 9.17) is 15.1 Å². The van der Waals surface area contributed by atoms with Crippen LogP contribution in [-0.2, 0) is 13.0 Å². The Kier molecular flexibility index (Phi) is 2.97. The van der Waals surface area contributed by atoms with Crippen molar-refractivity contribution in [3.05, 3.63) is 58.7 Å². The number of nitriles is 1. The maximum atomic E-state index is 12.3. The van der Waals surface area contributed by atoms with E-state index < -0.39 is 0 Å². The number of fused-ring (bicyclic) bond motifs is 2. The van der Waals surface area contributed by atoms with Gasteiger partial charge in [0.1, 0.15) is 11.5 Å². The number of hydrogen-bond acceptors (Lipinski definition) is 4. The van der Waals surface area contributed by atoms with Gasteiger partial charge in [0.25, 0.3) is 0 Å². The lowest BCUT2D eigenvalue weighted by Crippen LogP contribution is -2.04. The Bertz CT molecular complexity index is 744. The molecule has 4 heteroatoms. The zero-order valence-electron chi connectivity index (χ0n) is 10.6. The number of benzene rings is 2. The summed E-state index contributed by atoms with van der Waals surface area (Å²) in [6, 6.07) is 12.3. The third kappa shape index (κ3) is 1.94. The number of rotatable bonds is 1. The fourth-order valence-electron chi connectivity index (χ4n) is 2.30. The topological polar surface area (TPSA) is 70.3 Å². The highest BCUT2D eigenvalue weighted by Crippen LogP contribution is 2.35. The van der Waals surface area contributed by atoms with Crippen LogP contribution in [-0.4, -0.2) is 10.9 Å². The molecule has 0 unspecified atom stereocenters. The predicted molar refractivity (Wildman–Crippen MR) is 71.6 cm³/mol. The van der Waals surface area contributed by atoms with Gasteiger partial charge in [-0.1, -0.05) is 12.1 Å². The molecular weight excluding hydrogens is 254 g/mol. The molecule has 1 aliphatic heterocycles. The maximum absolute atomic E-state index is 12.3. The van der Waals surface area contributed by atoms with Crippen molar-refractivity contribution in [2.24, 2.45) is 0 Å². The van der Waals surface area contributed by atoms with E-state index in [1.165, 1.54) is 0 Å². The molecule has 4 nitrogen and oxygen atoms in total. The van der Waals surface area contributed by atoms with Gasteiger partial charge in [-0.05, 0) is 29.8 Å². The Hall–Kier alpha value is -2.64. The lowest BCUT2D eigenvalue weighted by atomic mass is 9.98. The third-order valence-corrected chi connectivity index (χ3v) is 3.34. The van der Waals surface area contributed by atoms with Crippen molar-refractivity contribution in [2.75, 3.05) is 0 Å². The van der Waals surface area contributed by atoms with E-state index in [0.29, 0.717) is 33.8 Å². The summed E-state index contributed by atoms with van der Waals surface area (Å²) in [6.45, 7) is -0.128. The average Bonchev–Trinajstić information content (AvgIpc) is 2.62. The van der Waals surface area contributed by atoms with E-state index in [-0.39, 0.29) is 18.8 Å². The highest BCUT2D eigenvalue weighted by Gasteiger charge is 2.23. The first-order chi connectivity index (χ1) is 9.72. The second-order valence-electron chi connectivity index (χ2n) is 4.58. The number of nitrogens with zero attached hydrogens (tertiary/aromatic N) is 1. The number of aliphatic hydroxyl groups is 1. The molecular formula is C16H11NO3. The fourth-order valence-corrected chi connectivity index (χ4v) is 2.30. The van der Waals surface area contributed by atoms with E-state index in [0.717, 1.165) is 0 Å². The highest BCUT2D eigenvalue weighted by molar-refractivity contribution is 6.01. The van der Waals surface area contributed by atoms with Crippen LogP contribution in [0.1, 0.15) is 27.0 Å². The summed E-state index contributed by atoms with van der Waals surface area (Å²) in [4.78, 5) is 12.3. The second-order valence-corrected chi connectivity index (χ2v) is 4.58. The van der Waals surface area contributed by atoms with Gasteiger partial charge in [-0.3, -0.25) is 4.79 Å². The Morgan fingerprint density at radius 3 is 2.85 bits per heavy atom. The second kappa shape index (κ2) is 4.80. The van der Waals surface area contributed by atoms with Crippen LogP contribution in [0.2, 0.25) is 0 Å². The number of Topliss-reactive ketones (excluding diaryl/α,β-unsaturated/α-hetero) is 1. The van der Waals surface area contributed by atoms with E-state index in [9.17, 15) is 4.79 Å². The number of ether oxygens (including phenoxy) is 1. The summed E-state index contributed by atoms with van der Waals surface area (Å²) in [5, 5.41) is 18.3. The minimum absolute atomic E-state index is 0.114. The van der Waals surface area contributed by atoms with Gasteiger partial charge >= 0.3 is 0 Å². The molecule has 0 saturated carbocycles. The molecule has 0 spiro atoms. The van der Waals surface area contributed by atoms with Crippen LogP contribution in [0.5, 0.6) is 11.5 Å². The summed E-state index contributed by atoms with van der Waals surface area (Å²) >= 11 is 0. The monoisotopic (exact) mass is 265 g/mol. The minimum Gasteiger partial charge on any atom is -0.456 e. The summed E-state index contributed by atoms with van der Waals surface area (Å²) in [5.74, 6) is 0.880. The largest absolute Gasteiger partial charge is 0.456 e. The average molecular weight is 265 g/mol. The van der Waals surface area contributed by atoms with Gasteiger partial charge in [0.15, 0.2) is 5.78 Å². The minimum atomic E-state index is -0.128. The molecule has 1 heterocycles. The molecule has 0 bridgehead atoms. The molecule has 0 atom stereocenters. The molecule has 98 valence electrons. The van der Waals surface area contributed by atoms with Crippen LogP contribution in [0.25, 0.3) is 0 Å². The molecule has 0 fully saturated rings. The Morgan fingerprint density at radius 2 is 2.10 bits per heavy atom. The van der Waals surface area contributed by atoms with Gasteiger partial charge in [0.05, 0.1) is 23.8 Å². The maximum Gasteiger partial charge on any atom is 0.171 e. The molecule has 20 heavy (non-hydrogen) atoms. The van der Waals surface area contributed by atoms with E-state index in [1.54, 1.807) is 36.4 Å². The van der Waals surface area contributed by atoms with Gasteiger partial charge in [0.2, 0.25) is 0 Å². The summed E-state index contributed by atoms with van der Waals surface area (Å²) < 4.78 is 5.76. The highest BCUT2D eigenvalue weighted by atomic mass is 16.5. The van der Waals surface area contributed by atoms with Crippen LogP contribution >= 0.6 is 0 Å². The van der Waals surface area contributed by atoms with Crippen LogP contribution in [0.3, 0.4) is 0 Å². The normalized spacial score (nSPS) is 12.7. The molecule has 1 N–H and O–H groups in total. The molecule has 0 amide bonds. The van der Waals surface area contributed by atoms with Crippen LogP contribution in [0.4, 0.5) is 0 Å². The molecule has 0 aromatic heterocycles. The Balaban J connectivity index is 2.16. The van der Waals surface area contributed by atoms with Gasteiger partial charge in [-0.15, -0.1) is 0 Å². The number of aliphatic hydroxyl groups excluding tert-OH is 1. The Morgan fingerprint density at radius 1 is 1.25 bits per heavy atom. The summed E-state index contributed by atoms with van der Waals surface area (Å²) in [6.07, 6.45) is 0.126. The first-order valence-electron chi connectivity index (χ1n) is 6.19. The first-order valence-corrected chi connectivity index (χ1v) is 6.19. The van der Waals surface area contributed by atoms with E-state index >= 15 is 0 Å². The lowest BCUT2D eigenvalue weighted by molar-refractivity contribution is 0.0993.